The quantitative estimate of drug-likeness (QED) is 0.415. The highest BCUT2D eigenvalue weighted by atomic mass is 35.5. The SMILES string of the molecule is CC(C)CNC(=O)c1ccccc1NC(=O)COC(=O)c1nc(Cl)c(Cl)c(N)c1Cl. The zero-order chi connectivity index (χ0) is 22.4. The topological polar surface area (TPSA) is 123 Å². The van der Waals surface area contributed by atoms with Crippen LogP contribution >= 0.6 is 34.8 Å². The molecule has 0 aliphatic heterocycles. The van der Waals surface area contributed by atoms with Crippen molar-refractivity contribution in [2.45, 2.75) is 13.8 Å². The number of nitrogens with one attached hydrogen (secondary N) is 2. The van der Waals surface area contributed by atoms with Gasteiger partial charge in [-0.1, -0.05) is 60.8 Å². The maximum Gasteiger partial charge on any atom is 0.359 e. The number of nitrogen functional groups attached to an aromatic ring is 1. The number of hydrogen-bond acceptors (Lipinski definition) is 6. The summed E-state index contributed by atoms with van der Waals surface area (Å²) in [4.78, 5) is 40.5. The van der Waals surface area contributed by atoms with Crippen LogP contribution in [0.25, 0.3) is 0 Å². The van der Waals surface area contributed by atoms with Crippen molar-refractivity contribution in [2.75, 3.05) is 24.2 Å². The average Bonchev–Trinajstić information content (AvgIpc) is 2.71. The van der Waals surface area contributed by atoms with Crippen molar-refractivity contribution in [3.8, 4) is 0 Å². The summed E-state index contributed by atoms with van der Waals surface area (Å²) in [6.07, 6.45) is 0. The molecule has 0 bridgehead atoms. The van der Waals surface area contributed by atoms with E-state index in [0.29, 0.717) is 6.54 Å². The van der Waals surface area contributed by atoms with Gasteiger partial charge in [-0.05, 0) is 18.1 Å². The number of halogens is 3. The molecule has 1 aromatic carbocycles. The lowest BCUT2D eigenvalue weighted by Crippen LogP contribution is -2.29. The van der Waals surface area contributed by atoms with Crippen molar-refractivity contribution in [1.82, 2.24) is 10.3 Å². The van der Waals surface area contributed by atoms with Crippen LogP contribution in [0.2, 0.25) is 15.2 Å². The van der Waals surface area contributed by atoms with E-state index < -0.39 is 18.5 Å². The van der Waals surface area contributed by atoms with Crippen molar-refractivity contribution in [3.05, 3.63) is 50.7 Å². The van der Waals surface area contributed by atoms with Gasteiger partial charge in [0, 0.05) is 6.54 Å². The number of nitrogens with two attached hydrogens (primary N) is 1. The second kappa shape index (κ2) is 10.5. The second-order valence-electron chi connectivity index (χ2n) is 6.57. The number of nitrogens with zero attached hydrogens (tertiary/aromatic N) is 1. The van der Waals surface area contributed by atoms with Gasteiger partial charge in [-0.15, -0.1) is 0 Å². The van der Waals surface area contributed by atoms with E-state index in [2.05, 4.69) is 15.6 Å². The first kappa shape index (κ1) is 23.7. The predicted molar refractivity (Wildman–Crippen MR) is 116 cm³/mol. The normalized spacial score (nSPS) is 10.6. The Bertz CT molecular complexity index is 982. The Hall–Kier alpha value is -2.55. The minimum Gasteiger partial charge on any atom is -0.451 e. The third-order valence-electron chi connectivity index (χ3n) is 3.72. The number of benzene rings is 1. The van der Waals surface area contributed by atoms with E-state index in [9.17, 15) is 14.4 Å². The van der Waals surface area contributed by atoms with Crippen LogP contribution in [0.3, 0.4) is 0 Å². The highest BCUT2D eigenvalue weighted by Gasteiger charge is 2.22. The first-order valence-electron chi connectivity index (χ1n) is 8.76. The Morgan fingerprint density at radius 3 is 2.47 bits per heavy atom. The van der Waals surface area contributed by atoms with E-state index in [-0.39, 0.29) is 49.7 Å². The van der Waals surface area contributed by atoms with Gasteiger partial charge >= 0.3 is 5.97 Å². The summed E-state index contributed by atoms with van der Waals surface area (Å²) in [5, 5.41) is 4.75. The molecule has 0 saturated heterocycles. The number of hydrogen-bond donors (Lipinski definition) is 3. The number of carbonyl (C=O) groups excluding carboxylic acids is 3. The van der Waals surface area contributed by atoms with Crippen LogP contribution < -0.4 is 16.4 Å². The van der Waals surface area contributed by atoms with Crippen LogP contribution in [0.15, 0.2) is 24.3 Å². The Morgan fingerprint density at radius 2 is 1.80 bits per heavy atom. The van der Waals surface area contributed by atoms with Crippen LogP contribution in [0.1, 0.15) is 34.7 Å². The molecule has 0 aliphatic carbocycles. The summed E-state index contributed by atoms with van der Waals surface area (Å²) in [6.45, 7) is 3.76. The molecular weight excluding hydrogens is 455 g/mol. The molecule has 0 saturated carbocycles. The van der Waals surface area contributed by atoms with Gasteiger partial charge < -0.3 is 21.1 Å². The molecule has 4 N–H and O–H groups in total. The van der Waals surface area contributed by atoms with Crippen LogP contribution in [0.4, 0.5) is 11.4 Å². The fourth-order valence-corrected chi connectivity index (χ4v) is 2.82. The molecule has 30 heavy (non-hydrogen) atoms. The van der Waals surface area contributed by atoms with Crippen molar-refractivity contribution in [3.63, 3.8) is 0 Å². The fourth-order valence-electron chi connectivity index (χ4n) is 2.23. The molecule has 0 atom stereocenters. The van der Waals surface area contributed by atoms with E-state index in [1.807, 2.05) is 13.8 Å². The highest BCUT2D eigenvalue weighted by Crippen LogP contribution is 2.34. The number of ether oxygens (including phenoxy) is 1. The smallest absolute Gasteiger partial charge is 0.359 e. The third kappa shape index (κ3) is 5.98. The number of anilines is 2. The van der Waals surface area contributed by atoms with Gasteiger partial charge in [0.2, 0.25) is 0 Å². The number of para-hydroxylation sites is 1. The Morgan fingerprint density at radius 1 is 1.13 bits per heavy atom. The number of aromatic nitrogens is 1. The number of pyridine rings is 1. The average molecular weight is 474 g/mol. The Balaban J connectivity index is 2.04. The van der Waals surface area contributed by atoms with Crippen molar-refractivity contribution in [1.29, 1.82) is 0 Å². The fraction of sp³-hybridized carbons (Fsp3) is 0.263. The molecule has 2 amide bonds. The summed E-state index contributed by atoms with van der Waals surface area (Å²) in [7, 11) is 0. The second-order valence-corrected chi connectivity index (χ2v) is 7.68. The minimum absolute atomic E-state index is 0.0942. The maximum atomic E-state index is 12.3. The van der Waals surface area contributed by atoms with Gasteiger partial charge in [0.25, 0.3) is 11.8 Å². The molecule has 2 rings (SSSR count). The summed E-state index contributed by atoms with van der Waals surface area (Å²) in [5.74, 6) is -1.75. The molecule has 160 valence electrons. The molecule has 0 fully saturated rings. The largest absolute Gasteiger partial charge is 0.451 e. The summed E-state index contributed by atoms with van der Waals surface area (Å²) in [5.41, 5.74) is 5.71. The first-order chi connectivity index (χ1) is 14.1. The highest BCUT2D eigenvalue weighted by molar-refractivity contribution is 6.46. The number of carbonyl (C=O) groups is 3. The molecule has 1 aromatic heterocycles. The molecule has 8 nitrogen and oxygen atoms in total. The van der Waals surface area contributed by atoms with Gasteiger partial charge in [-0.2, -0.15) is 0 Å². The molecule has 0 spiro atoms. The van der Waals surface area contributed by atoms with Gasteiger partial charge in [0.1, 0.15) is 5.02 Å². The number of amides is 2. The summed E-state index contributed by atoms with van der Waals surface area (Å²) < 4.78 is 4.92. The van der Waals surface area contributed by atoms with Crippen LogP contribution in [0, 0.1) is 5.92 Å². The van der Waals surface area contributed by atoms with Crippen molar-refractivity contribution >= 4 is 64.0 Å². The van der Waals surface area contributed by atoms with Crippen LogP contribution in [0.5, 0.6) is 0 Å². The Kier molecular flexibility index (Phi) is 8.28. The predicted octanol–water partition coefficient (Wildman–Crippen LogP) is 3.81. The van der Waals surface area contributed by atoms with Gasteiger partial charge in [0.15, 0.2) is 17.5 Å². The van der Waals surface area contributed by atoms with E-state index in [0.717, 1.165) is 0 Å². The lowest BCUT2D eigenvalue weighted by molar-refractivity contribution is -0.119. The first-order valence-corrected chi connectivity index (χ1v) is 9.89. The summed E-state index contributed by atoms with van der Waals surface area (Å²) in [6, 6.07) is 6.45. The van der Waals surface area contributed by atoms with Gasteiger partial charge in [0.05, 0.1) is 22.0 Å². The summed E-state index contributed by atoms with van der Waals surface area (Å²) >= 11 is 17.5. The third-order valence-corrected chi connectivity index (χ3v) is 4.85. The van der Waals surface area contributed by atoms with E-state index in [1.165, 1.54) is 0 Å². The minimum atomic E-state index is -1.01. The maximum absolute atomic E-state index is 12.3. The van der Waals surface area contributed by atoms with Crippen LogP contribution in [-0.2, 0) is 9.53 Å². The van der Waals surface area contributed by atoms with E-state index >= 15 is 0 Å². The molecule has 11 heteroatoms. The van der Waals surface area contributed by atoms with Crippen LogP contribution in [-0.4, -0.2) is 35.9 Å². The zero-order valence-electron chi connectivity index (χ0n) is 16.1. The molecule has 1 heterocycles. The number of rotatable bonds is 7. The standard InChI is InChI=1S/C19H19Cl3N4O4/c1-9(2)7-24-18(28)10-5-3-4-6-11(10)25-12(27)8-30-19(29)16-13(20)15(23)14(21)17(22)26-16/h3-6,9H,7-8H2,1-2H3,(H2,23,26)(H,24,28)(H,25,27). The Labute approximate surface area is 188 Å². The monoisotopic (exact) mass is 472 g/mol. The van der Waals surface area contributed by atoms with Gasteiger partial charge in [-0.3, -0.25) is 9.59 Å². The molecular formula is C19H19Cl3N4O4. The molecule has 0 radical (unpaired) electrons. The number of esters is 1. The lowest BCUT2D eigenvalue weighted by Gasteiger charge is -2.13. The molecule has 2 aromatic rings. The zero-order valence-corrected chi connectivity index (χ0v) is 18.4. The molecule has 0 unspecified atom stereocenters. The van der Waals surface area contributed by atoms with E-state index in [4.69, 9.17) is 45.3 Å². The van der Waals surface area contributed by atoms with Crippen molar-refractivity contribution in [2.24, 2.45) is 5.92 Å². The molecule has 0 aliphatic rings. The van der Waals surface area contributed by atoms with Crippen molar-refractivity contribution < 1.29 is 19.1 Å². The lowest BCUT2D eigenvalue weighted by atomic mass is 10.1. The van der Waals surface area contributed by atoms with Gasteiger partial charge in [-0.25, -0.2) is 9.78 Å². The van der Waals surface area contributed by atoms with E-state index in [1.54, 1.807) is 24.3 Å².